The lowest BCUT2D eigenvalue weighted by atomic mass is 10.1. The summed E-state index contributed by atoms with van der Waals surface area (Å²) in [5.74, 6) is 2.38. The highest BCUT2D eigenvalue weighted by Crippen LogP contribution is 2.29. The Balaban J connectivity index is 2.22. The van der Waals surface area contributed by atoms with Crippen LogP contribution in [0.4, 0.5) is 11.5 Å². The van der Waals surface area contributed by atoms with Crippen molar-refractivity contribution < 1.29 is 9.47 Å². The SMILES string of the molecule is COc1ccc(C(C)Nc2nc(C)nc(OC)c2N)cc1. The Bertz CT molecular complexity index is 614. The van der Waals surface area contributed by atoms with Crippen LogP contribution < -0.4 is 20.5 Å². The second kappa shape index (κ2) is 6.30. The molecule has 0 saturated carbocycles. The van der Waals surface area contributed by atoms with Crippen LogP contribution in [0.25, 0.3) is 0 Å². The molecule has 0 fully saturated rings. The fourth-order valence-corrected chi connectivity index (χ4v) is 2.00. The molecule has 21 heavy (non-hydrogen) atoms. The first-order chi connectivity index (χ1) is 10.0. The predicted molar refractivity (Wildman–Crippen MR) is 82.8 cm³/mol. The van der Waals surface area contributed by atoms with E-state index < -0.39 is 0 Å². The summed E-state index contributed by atoms with van der Waals surface area (Å²) in [6.45, 7) is 3.83. The van der Waals surface area contributed by atoms with E-state index in [0.717, 1.165) is 11.3 Å². The summed E-state index contributed by atoms with van der Waals surface area (Å²) in [5, 5.41) is 3.28. The number of rotatable bonds is 5. The number of aryl methyl sites for hydroxylation is 1. The lowest BCUT2D eigenvalue weighted by molar-refractivity contribution is 0.398. The summed E-state index contributed by atoms with van der Waals surface area (Å²) >= 11 is 0. The number of hydrogen-bond donors (Lipinski definition) is 2. The Hall–Kier alpha value is -2.50. The predicted octanol–water partition coefficient (Wildman–Crippen LogP) is 2.56. The first-order valence-corrected chi connectivity index (χ1v) is 6.63. The number of nitrogens with zero attached hydrogens (tertiary/aromatic N) is 2. The minimum absolute atomic E-state index is 0.0391. The average molecular weight is 288 g/mol. The molecule has 0 bridgehead atoms. The first-order valence-electron chi connectivity index (χ1n) is 6.63. The highest BCUT2D eigenvalue weighted by Gasteiger charge is 2.13. The van der Waals surface area contributed by atoms with Crippen molar-refractivity contribution in [3.05, 3.63) is 35.7 Å². The molecule has 0 saturated heterocycles. The third-order valence-electron chi connectivity index (χ3n) is 3.18. The number of anilines is 2. The molecule has 1 atom stereocenters. The zero-order valence-corrected chi connectivity index (χ0v) is 12.7. The summed E-state index contributed by atoms with van der Waals surface area (Å²) < 4.78 is 10.3. The van der Waals surface area contributed by atoms with Gasteiger partial charge in [0.25, 0.3) is 0 Å². The van der Waals surface area contributed by atoms with E-state index >= 15 is 0 Å². The van der Waals surface area contributed by atoms with Crippen LogP contribution in [0.3, 0.4) is 0 Å². The normalized spacial score (nSPS) is 11.8. The van der Waals surface area contributed by atoms with Crippen molar-refractivity contribution in [3.63, 3.8) is 0 Å². The Morgan fingerprint density at radius 2 is 1.76 bits per heavy atom. The van der Waals surface area contributed by atoms with Gasteiger partial charge in [0.05, 0.1) is 20.3 Å². The van der Waals surface area contributed by atoms with Gasteiger partial charge in [0.2, 0.25) is 5.88 Å². The van der Waals surface area contributed by atoms with Crippen LogP contribution in [0.5, 0.6) is 11.6 Å². The standard InChI is InChI=1S/C15H20N4O2/c1-9(11-5-7-12(20-3)8-6-11)17-14-13(16)15(21-4)19-10(2)18-14/h5-9H,16H2,1-4H3,(H,17,18,19). The number of methoxy groups -OCH3 is 2. The van der Waals surface area contributed by atoms with E-state index in [-0.39, 0.29) is 6.04 Å². The van der Waals surface area contributed by atoms with Crippen LogP contribution in [0.2, 0.25) is 0 Å². The molecule has 2 rings (SSSR count). The Morgan fingerprint density at radius 3 is 2.33 bits per heavy atom. The molecule has 2 aromatic rings. The fourth-order valence-electron chi connectivity index (χ4n) is 2.00. The maximum atomic E-state index is 6.00. The smallest absolute Gasteiger partial charge is 0.242 e. The number of ether oxygens (including phenoxy) is 2. The number of aromatic nitrogens is 2. The van der Waals surface area contributed by atoms with Crippen molar-refractivity contribution in [2.75, 3.05) is 25.3 Å². The summed E-state index contributed by atoms with van der Waals surface area (Å²) in [7, 11) is 3.18. The Labute approximate surface area is 124 Å². The zero-order chi connectivity index (χ0) is 15.4. The summed E-state index contributed by atoms with van der Waals surface area (Å²) in [6.07, 6.45) is 0. The van der Waals surface area contributed by atoms with Crippen LogP contribution in [-0.4, -0.2) is 24.2 Å². The maximum Gasteiger partial charge on any atom is 0.242 e. The number of nitrogen functional groups attached to an aromatic ring is 1. The van der Waals surface area contributed by atoms with Crippen molar-refractivity contribution in [1.82, 2.24) is 9.97 Å². The second-order valence-electron chi connectivity index (χ2n) is 4.68. The van der Waals surface area contributed by atoms with Gasteiger partial charge < -0.3 is 20.5 Å². The molecule has 0 spiro atoms. The number of benzene rings is 1. The topological polar surface area (TPSA) is 82.3 Å². The summed E-state index contributed by atoms with van der Waals surface area (Å²) in [4.78, 5) is 8.47. The molecule has 3 N–H and O–H groups in total. The van der Waals surface area contributed by atoms with E-state index in [2.05, 4.69) is 15.3 Å². The van der Waals surface area contributed by atoms with Gasteiger partial charge in [-0.1, -0.05) is 12.1 Å². The second-order valence-corrected chi connectivity index (χ2v) is 4.68. The van der Waals surface area contributed by atoms with Gasteiger partial charge in [-0.3, -0.25) is 0 Å². The van der Waals surface area contributed by atoms with E-state index in [0.29, 0.717) is 23.2 Å². The molecule has 0 radical (unpaired) electrons. The van der Waals surface area contributed by atoms with Gasteiger partial charge in [-0.2, -0.15) is 4.98 Å². The number of nitrogens with two attached hydrogens (primary N) is 1. The lowest BCUT2D eigenvalue weighted by Gasteiger charge is -2.17. The molecule has 1 heterocycles. The van der Waals surface area contributed by atoms with E-state index in [1.165, 1.54) is 7.11 Å². The molecular weight excluding hydrogens is 268 g/mol. The summed E-state index contributed by atoms with van der Waals surface area (Å²) in [5.41, 5.74) is 7.51. The molecule has 0 aliphatic carbocycles. The number of hydrogen-bond acceptors (Lipinski definition) is 6. The molecule has 6 nitrogen and oxygen atoms in total. The van der Waals surface area contributed by atoms with Crippen molar-refractivity contribution in [2.45, 2.75) is 19.9 Å². The van der Waals surface area contributed by atoms with Gasteiger partial charge in [0.1, 0.15) is 17.3 Å². The summed E-state index contributed by atoms with van der Waals surface area (Å²) in [6, 6.07) is 7.87. The van der Waals surface area contributed by atoms with Gasteiger partial charge in [-0.15, -0.1) is 0 Å². The third kappa shape index (κ3) is 3.34. The van der Waals surface area contributed by atoms with E-state index in [1.807, 2.05) is 31.2 Å². The molecule has 1 aromatic heterocycles. The molecule has 1 aromatic carbocycles. The fraction of sp³-hybridized carbons (Fsp3) is 0.333. The van der Waals surface area contributed by atoms with Gasteiger partial charge in [-0.25, -0.2) is 4.98 Å². The molecule has 1 unspecified atom stereocenters. The van der Waals surface area contributed by atoms with Crippen LogP contribution in [-0.2, 0) is 0 Å². The van der Waals surface area contributed by atoms with Crippen LogP contribution in [0.1, 0.15) is 24.4 Å². The molecular formula is C15H20N4O2. The highest BCUT2D eigenvalue weighted by molar-refractivity contribution is 5.67. The Kier molecular flexibility index (Phi) is 4.47. The van der Waals surface area contributed by atoms with E-state index in [9.17, 15) is 0 Å². The molecule has 0 aliphatic rings. The molecule has 0 amide bonds. The molecule has 112 valence electrons. The van der Waals surface area contributed by atoms with Gasteiger partial charge in [0.15, 0.2) is 5.82 Å². The van der Waals surface area contributed by atoms with Crippen LogP contribution >= 0.6 is 0 Å². The van der Waals surface area contributed by atoms with Gasteiger partial charge in [0, 0.05) is 0 Å². The van der Waals surface area contributed by atoms with E-state index in [4.69, 9.17) is 15.2 Å². The lowest BCUT2D eigenvalue weighted by Crippen LogP contribution is -2.12. The van der Waals surface area contributed by atoms with Gasteiger partial charge in [-0.05, 0) is 31.5 Å². The average Bonchev–Trinajstić information content (AvgIpc) is 2.50. The third-order valence-corrected chi connectivity index (χ3v) is 3.18. The minimum Gasteiger partial charge on any atom is -0.497 e. The number of nitrogens with one attached hydrogen (secondary N) is 1. The van der Waals surface area contributed by atoms with Gasteiger partial charge >= 0.3 is 0 Å². The monoisotopic (exact) mass is 288 g/mol. The first kappa shape index (κ1) is 14.9. The quantitative estimate of drug-likeness (QED) is 0.880. The molecule has 6 heteroatoms. The highest BCUT2D eigenvalue weighted by atomic mass is 16.5. The van der Waals surface area contributed by atoms with Crippen molar-refractivity contribution in [2.24, 2.45) is 0 Å². The van der Waals surface area contributed by atoms with Crippen molar-refractivity contribution in [1.29, 1.82) is 0 Å². The van der Waals surface area contributed by atoms with Crippen molar-refractivity contribution in [3.8, 4) is 11.6 Å². The van der Waals surface area contributed by atoms with Crippen molar-refractivity contribution >= 4 is 11.5 Å². The van der Waals surface area contributed by atoms with E-state index in [1.54, 1.807) is 14.0 Å². The Morgan fingerprint density at radius 1 is 1.10 bits per heavy atom. The largest absolute Gasteiger partial charge is 0.497 e. The van der Waals surface area contributed by atoms with Crippen LogP contribution in [0, 0.1) is 6.92 Å². The molecule has 0 aliphatic heterocycles. The maximum absolute atomic E-state index is 6.00. The van der Waals surface area contributed by atoms with Crippen LogP contribution in [0.15, 0.2) is 24.3 Å². The minimum atomic E-state index is 0.0391. The zero-order valence-electron chi connectivity index (χ0n) is 12.7.